The van der Waals surface area contributed by atoms with Crippen molar-refractivity contribution in [2.45, 2.75) is 19.8 Å². The smallest absolute Gasteiger partial charge is 0.223 e. The fraction of sp³-hybridized carbons (Fsp3) is 0.538. The molecule has 4 rings (SSSR count). The molecule has 3 N–H and O–H groups in total. The molecule has 0 amide bonds. The molecule has 0 bridgehead atoms. The Bertz CT molecular complexity index is 615. The van der Waals surface area contributed by atoms with E-state index >= 15 is 0 Å². The Hall–Kier alpha value is -1.78. The topological polar surface area (TPSA) is 70.8 Å². The summed E-state index contributed by atoms with van der Waals surface area (Å²) >= 11 is 0. The van der Waals surface area contributed by atoms with E-state index < -0.39 is 0 Å². The highest BCUT2D eigenvalue weighted by Gasteiger charge is 2.58. The van der Waals surface area contributed by atoms with Gasteiger partial charge in [-0.3, -0.25) is 0 Å². The molecular formula is C13H17N5. The SMILES string of the molecule is CCC12CC1CN(c1nc(N)nc3[nH]ccc13)C2. The molecule has 0 radical (unpaired) electrons. The third kappa shape index (κ3) is 1.22. The molecule has 18 heavy (non-hydrogen) atoms. The third-order valence-electron chi connectivity index (χ3n) is 4.72. The summed E-state index contributed by atoms with van der Waals surface area (Å²) in [5.41, 5.74) is 7.19. The normalized spacial score (nSPS) is 29.8. The molecule has 1 aliphatic carbocycles. The minimum atomic E-state index is 0.353. The van der Waals surface area contributed by atoms with Crippen LogP contribution in [0, 0.1) is 11.3 Å². The van der Waals surface area contributed by atoms with Gasteiger partial charge in [-0.2, -0.15) is 9.97 Å². The van der Waals surface area contributed by atoms with Gasteiger partial charge < -0.3 is 15.6 Å². The lowest BCUT2D eigenvalue weighted by atomic mass is 10.0. The largest absolute Gasteiger partial charge is 0.368 e. The lowest BCUT2D eigenvalue weighted by molar-refractivity contribution is 0.509. The van der Waals surface area contributed by atoms with Gasteiger partial charge in [-0.25, -0.2) is 0 Å². The van der Waals surface area contributed by atoms with Gasteiger partial charge in [0.2, 0.25) is 5.95 Å². The molecule has 5 nitrogen and oxygen atoms in total. The van der Waals surface area contributed by atoms with Gasteiger partial charge in [0.1, 0.15) is 11.5 Å². The molecule has 94 valence electrons. The molecule has 2 aliphatic rings. The van der Waals surface area contributed by atoms with Gasteiger partial charge in [-0.15, -0.1) is 0 Å². The highest BCUT2D eigenvalue weighted by molar-refractivity contribution is 5.88. The number of rotatable bonds is 2. The van der Waals surface area contributed by atoms with Crippen LogP contribution in [0.3, 0.4) is 0 Å². The number of nitrogens with two attached hydrogens (primary N) is 1. The summed E-state index contributed by atoms with van der Waals surface area (Å²) in [6.45, 7) is 4.53. The van der Waals surface area contributed by atoms with E-state index in [1.165, 1.54) is 12.8 Å². The van der Waals surface area contributed by atoms with Crippen molar-refractivity contribution >= 4 is 22.8 Å². The van der Waals surface area contributed by atoms with Crippen LogP contribution in [0.5, 0.6) is 0 Å². The van der Waals surface area contributed by atoms with Crippen molar-refractivity contribution < 1.29 is 0 Å². The molecule has 2 aromatic rings. The average Bonchev–Trinajstić information content (AvgIpc) is 2.77. The van der Waals surface area contributed by atoms with Crippen LogP contribution in [0.4, 0.5) is 11.8 Å². The Balaban J connectivity index is 1.77. The summed E-state index contributed by atoms with van der Waals surface area (Å²) in [5, 5.41) is 1.08. The van der Waals surface area contributed by atoms with Crippen molar-refractivity contribution in [3.8, 4) is 0 Å². The second-order valence-electron chi connectivity index (χ2n) is 5.64. The van der Waals surface area contributed by atoms with E-state index in [0.717, 1.165) is 35.9 Å². The highest BCUT2D eigenvalue weighted by Crippen LogP contribution is 2.60. The predicted octanol–water partition coefficient (Wildman–Crippen LogP) is 1.78. The summed E-state index contributed by atoms with van der Waals surface area (Å²) in [7, 11) is 0. The number of nitrogen functional groups attached to an aromatic ring is 1. The molecule has 2 unspecified atom stereocenters. The van der Waals surface area contributed by atoms with Gasteiger partial charge in [0.15, 0.2) is 0 Å². The van der Waals surface area contributed by atoms with E-state index in [2.05, 4.69) is 26.8 Å². The van der Waals surface area contributed by atoms with Crippen molar-refractivity contribution in [2.75, 3.05) is 23.7 Å². The Morgan fingerprint density at radius 3 is 3.22 bits per heavy atom. The minimum absolute atomic E-state index is 0.353. The molecule has 3 heterocycles. The molecule has 2 fully saturated rings. The molecule has 0 aromatic carbocycles. The fourth-order valence-electron chi connectivity index (χ4n) is 3.48. The number of nitrogens with zero attached hydrogens (tertiary/aromatic N) is 3. The van der Waals surface area contributed by atoms with Crippen LogP contribution in [-0.2, 0) is 0 Å². The standard InChI is InChI=1S/C13H17N5/c1-2-13-5-8(13)6-18(7-13)11-9-3-4-15-10(9)16-12(14)17-11/h3-4,8H,2,5-7H2,1H3,(H3,14,15,16,17). The molecule has 1 saturated carbocycles. The van der Waals surface area contributed by atoms with Crippen LogP contribution in [0.25, 0.3) is 11.0 Å². The number of H-pyrrole nitrogens is 1. The lowest BCUT2D eigenvalue weighted by Crippen LogP contribution is -2.26. The Labute approximate surface area is 105 Å². The van der Waals surface area contributed by atoms with Gasteiger partial charge in [0.25, 0.3) is 0 Å². The van der Waals surface area contributed by atoms with Crippen molar-refractivity contribution in [2.24, 2.45) is 11.3 Å². The number of fused-ring (bicyclic) bond motifs is 2. The first-order valence-corrected chi connectivity index (χ1v) is 6.57. The monoisotopic (exact) mass is 243 g/mol. The van der Waals surface area contributed by atoms with Crippen LogP contribution >= 0.6 is 0 Å². The first-order valence-electron chi connectivity index (χ1n) is 6.57. The number of aromatic amines is 1. The van der Waals surface area contributed by atoms with Gasteiger partial charge in [0.05, 0.1) is 5.39 Å². The number of hydrogen-bond donors (Lipinski definition) is 2. The number of hydrogen-bond acceptors (Lipinski definition) is 4. The van der Waals surface area contributed by atoms with E-state index in [1.807, 2.05) is 12.3 Å². The van der Waals surface area contributed by atoms with E-state index in [9.17, 15) is 0 Å². The van der Waals surface area contributed by atoms with Gasteiger partial charge in [-0.05, 0) is 30.2 Å². The van der Waals surface area contributed by atoms with Crippen LogP contribution in [-0.4, -0.2) is 28.0 Å². The van der Waals surface area contributed by atoms with Crippen LogP contribution in [0.15, 0.2) is 12.3 Å². The molecule has 2 aromatic heterocycles. The first kappa shape index (κ1) is 10.2. The Morgan fingerprint density at radius 2 is 2.44 bits per heavy atom. The Morgan fingerprint density at radius 1 is 1.56 bits per heavy atom. The summed E-state index contributed by atoms with van der Waals surface area (Å²) in [5.74, 6) is 2.21. The minimum Gasteiger partial charge on any atom is -0.368 e. The maximum atomic E-state index is 5.79. The van der Waals surface area contributed by atoms with Crippen LogP contribution in [0.2, 0.25) is 0 Å². The molecule has 0 spiro atoms. The molecular weight excluding hydrogens is 226 g/mol. The maximum Gasteiger partial charge on any atom is 0.223 e. The predicted molar refractivity (Wildman–Crippen MR) is 71.3 cm³/mol. The van der Waals surface area contributed by atoms with E-state index in [-0.39, 0.29) is 0 Å². The molecule has 5 heteroatoms. The number of piperidine rings is 1. The summed E-state index contributed by atoms with van der Waals surface area (Å²) in [6.07, 6.45) is 4.55. The average molecular weight is 243 g/mol. The van der Waals surface area contributed by atoms with Crippen molar-refractivity contribution in [3.05, 3.63) is 12.3 Å². The lowest BCUT2D eigenvalue weighted by Gasteiger charge is -2.22. The second-order valence-corrected chi connectivity index (χ2v) is 5.64. The fourth-order valence-corrected chi connectivity index (χ4v) is 3.48. The zero-order valence-electron chi connectivity index (χ0n) is 10.5. The maximum absolute atomic E-state index is 5.79. The van der Waals surface area contributed by atoms with Gasteiger partial charge in [0, 0.05) is 19.3 Å². The first-order chi connectivity index (χ1) is 8.72. The van der Waals surface area contributed by atoms with Gasteiger partial charge >= 0.3 is 0 Å². The number of anilines is 2. The van der Waals surface area contributed by atoms with E-state index in [4.69, 9.17) is 5.73 Å². The number of aromatic nitrogens is 3. The van der Waals surface area contributed by atoms with Gasteiger partial charge in [-0.1, -0.05) is 6.92 Å². The zero-order chi connectivity index (χ0) is 12.3. The zero-order valence-corrected chi connectivity index (χ0v) is 10.5. The van der Waals surface area contributed by atoms with Crippen LogP contribution in [0.1, 0.15) is 19.8 Å². The summed E-state index contributed by atoms with van der Waals surface area (Å²) < 4.78 is 0. The quantitative estimate of drug-likeness (QED) is 0.843. The second kappa shape index (κ2) is 3.16. The third-order valence-corrected chi connectivity index (χ3v) is 4.72. The molecule has 1 saturated heterocycles. The van der Waals surface area contributed by atoms with E-state index in [1.54, 1.807) is 0 Å². The van der Waals surface area contributed by atoms with E-state index in [0.29, 0.717) is 11.4 Å². The van der Waals surface area contributed by atoms with Crippen molar-refractivity contribution in [1.82, 2.24) is 15.0 Å². The summed E-state index contributed by atoms with van der Waals surface area (Å²) in [6, 6.07) is 2.03. The highest BCUT2D eigenvalue weighted by atomic mass is 15.3. The molecule has 1 aliphatic heterocycles. The number of nitrogens with one attached hydrogen (secondary N) is 1. The van der Waals surface area contributed by atoms with Crippen molar-refractivity contribution in [1.29, 1.82) is 0 Å². The van der Waals surface area contributed by atoms with Crippen LogP contribution < -0.4 is 10.6 Å². The molecule has 2 atom stereocenters. The summed E-state index contributed by atoms with van der Waals surface area (Å²) in [4.78, 5) is 14.2. The van der Waals surface area contributed by atoms with Crippen molar-refractivity contribution in [3.63, 3.8) is 0 Å². The Kier molecular flexibility index (Phi) is 1.78.